The second-order valence-corrected chi connectivity index (χ2v) is 5.90. The summed E-state index contributed by atoms with van der Waals surface area (Å²) in [5.41, 5.74) is 0.734. The van der Waals surface area contributed by atoms with E-state index in [0.717, 1.165) is 31.7 Å². The minimum atomic E-state index is -0.685. The Kier molecular flexibility index (Phi) is 4.41. The summed E-state index contributed by atoms with van der Waals surface area (Å²) in [6.45, 7) is 0. The summed E-state index contributed by atoms with van der Waals surface area (Å²) in [5.74, 6) is -1.47. The lowest BCUT2D eigenvalue weighted by Gasteiger charge is -2.32. The summed E-state index contributed by atoms with van der Waals surface area (Å²) in [6.07, 6.45) is 5.18. The van der Waals surface area contributed by atoms with Gasteiger partial charge in [-0.3, -0.25) is 9.78 Å². The number of fused-ring (bicyclic) bond motifs is 1. The summed E-state index contributed by atoms with van der Waals surface area (Å²) in [6, 6.07) is 3.73. The van der Waals surface area contributed by atoms with Crippen molar-refractivity contribution in [2.75, 3.05) is 12.4 Å². The van der Waals surface area contributed by atoms with Crippen LogP contribution in [0.25, 0.3) is 10.9 Å². The van der Waals surface area contributed by atoms with Gasteiger partial charge in [-0.25, -0.2) is 8.78 Å². The Morgan fingerprint density at radius 2 is 2.04 bits per heavy atom. The van der Waals surface area contributed by atoms with Gasteiger partial charge >= 0.3 is 0 Å². The molecule has 6 heteroatoms. The smallest absolute Gasteiger partial charge is 0.224 e. The highest BCUT2D eigenvalue weighted by Gasteiger charge is 2.30. The van der Waals surface area contributed by atoms with Gasteiger partial charge in [-0.15, -0.1) is 0 Å². The molecule has 2 N–H and O–H groups in total. The second kappa shape index (κ2) is 6.48. The maximum atomic E-state index is 13.9. The predicted molar refractivity (Wildman–Crippen MR) is 85.1 cm³/mol. The first kappa shape index (κ1) is 15.6. The van der Waals surface area contributed by atoms with Crippen molar-refractivity contribution in [1.82, 2.24) is 10.3 Å². The first-order valence-electron chi connectivity index (χ1n) is 7.82. The van der Waals surface area contributed by atoms with Crippen molar-refractivity contribution in [3.05, 3.63) is 36.0 Å². The van der Waals surface area contributed by atoms with Gasteiger partial charge in [0.1, 0.15) is 11.3 Å². The molecule has 0 saturated heterocycles. The fourth-order valence-corrected chi connectivity index (χ4v) is 3.31. The van der Waals surface area contributed by atoms with Crippen LogP contribution < -0.4 is 10.6 Å². The number of benzene rings is 1. The number of hydrogen-bond acceptors (Lipinski definition) is 3. The van der Waals surface area contributed by atoms with Crippen LogP contribution in [0.3, 0.4) is 0 Å². The number of nitrogens with zero attached hydrogens (tertiary/aromatic N) is 1. The van der Waals surface area contributed by atoms with Crippen molar-refractivity contribution in [1.29, 1.82) is 0 Å². The van der Waals surface area contributed by atoms with E-state index in [2.05, 4.69) is 15.6 Å². The molecule has 1 fully saturated rings. The molecule has 1 aliphatic carbocycles. The quantitative estimate of drug-likeness (QED) is 0.913. The number of aromatic nitrogens is 1. The molecule has 1 aliphatic rings. The zero-order valence-corrected chi connectivity index (χ0v) is 12.9. The van der Waals surface area contributed by atoms with Gasteiger partial charge in [-0.05, 0) is 25.0 Å². The maximum absolute atomic E-state index is 13.9. The molecule has 4 nitrogen and oxygen atoms in total. The van der Waals surface area contributed by atoms with E-state index in [9.17, 15) is 13.6 Å². The van der Waals surface area contributed by atoms with Crippen molar-refractivity contribution in [2.45, 2.75) is 31.7 Å². The van der Waals surface area contributed by atoms with E-state index < -0.39 is 11.6 Å². The number of pyridine rings is 1. The van der Waals surface area contributed by atoms with Crippen molar-refractivity contribution in [3.63, 3.8) is 0 Å². The molecule has 1 amide bonds. The van der Waals surface area contributed by atoms with Gasteiger partial charge < -0.3 is 10.6 Å². The SMILES string of the molecule is CNC(=O)C1CCCCC1Nc1ccnc2c(F)cc(F)cc12. The highest BCUT2D eigenvalue weighted by molar-refractivity contribution is 5.92. The van der Waals surface area contributed by atoms with E-state index in [1.54, 1.807) is 13.1 Å². The van der Waals surface area contributed by atoms with Gasteiger partial charge in [-0.2, -0.15) is 0 Å². The normalized spacial score (nSPS) is 21.2. The van der Waals surface area contributed by atoms with Crippen LogP contribution in [0.4, 0.5) is 14.5 Å². The van der Waals surface area contributed by atoms with Crippen LogP contribution in [0.15, 0.2) is 24.4 Å². The minimum absolute atomic E-state index is 0.00192. The lowest BCUT2D eigenvalue weighted by Crippen LogP contribution is -2.41. The first-order chi connectivity index (χ1) is 11.1. The maximum Gasteiger partial charge on any atom is 0.224 e. The number of nitrogens with one attached hydrogen (secondary N) is 2. The van der Waals surface area contributed by atoms with E-state index in [0.29, 0.717) is 11.1 Å². The minimum Gasteiger partial charge on any atom is -0.381 e. The fraction of sp³-hybridized carbons (Fsp3) is 0.412. The average Bonchev–Trinajstić information content (AvgIpc) is 2.55. The van der Waals surface area contributed by atoms with Crippen molar-refractivity contribution < 1.29 is 13.6 Å². The van der Waals surface area contributed by atoms with Crippen LogP contribution >= 0.6 is 0 Å². The summed E-state index contributed by atoms with van der Waals surface area (Å²) in [5, 5.41) is 6.40. The van der Waals surface area contributed by atoms with Crippen LogP contribution in [-0.2, 0) is 4.79 Å². The molecule has 1 heterocycles. The molecule has 0 aliphatic heterocycles. The standard InChI is InChI=1S/C17H19F2N3O/c1-20-17(23)11-4-2-3-5-14(11)22-15-6-7-21-16-12(15)8-10(18)9-13(16)19/h6-9,11,14H,2-5H2,1H3,(H,20,23)(H,21,22). The third-order valence-corrected chi connectivity index (χ3v) is 4.45. The summed E-state index contributed by atoms with van der Waals surface area (Å²) < 4.78 is 27.4. The third kappa shape index (κ3) is 3.11. The Hall–Kier alpha value is -2.24. The van der Waals surface area contributed by atoms with Gasteiger partial charge in [0.05, 0.1) is 5.92 Å². The second-order valence-electron chi connectivity index (χ2n) is 5.90. The molecule has 0 radical (unpaired) electrons. The molecular formula is C17H19F2N3O. The molecule has 0 bridgehead atoms. The van der Waals surface area contributed by atoms with Crippen LogP contribution in [0, 0.1) is 17.6 Å². The van der Waals surface area contributed by atoms with E-state index >= 15 is 0 Å². The van der Waals surface area contributed by atoms with Crippen molar-refractivity contribution >= 4 is 22.5 Å². The molecule has 1 aromatic carbocycles. The van der Waals surface area contributed by atoms with Crippen molar-refractivity contribution in [3.8, 4) is 0 Å². The van der Waals surface area contributed by atoms with Gasteiger partial charge in [0.25, 0.3) is 0 Å². The molecule has 122 valence electrons. The number of hydrogen-bond donors (Lipinski definition) is 2. The molecular weight excluding hydrogens is 300 g/mol. The molecule has 2 unspecified atom stereocenters. The Morgan fingerprint density at radius 3 is 2.83 bits per heavy atom. The molecule has 23 heavy (non-hydrogen) atoms. The van der Waals surface area contributed by atoms with E-state index in [1.807, 2.05) is 0 Å². The van der Waals surface area contributed by atoms with Gasteiger partial charge in [0.15, 0.2) is 5.82 Å². The molecule has 2 atom stereocenters. The average molecular weight is 319 g/mol. The number of rotatable bonds is 3. The number of anilines is 1. The molecule has 1 saturated carbocycles. The summed E-state index contributed by atoms with van der Waals surface area (Å²) >= 11 is 0. The molecule has 0 spiro atoms. The number of halogens is 2. The van der Waals surface area contributed by atoms with E-state index in [4.69, 9.17) is 0 Å². The Morgan fingerprint density at radius 1 is 1.26 bits per heavy atom. The molecule has 2 aromatic rings. The van der Waals surface area contributed by atoms with Gasteiger partial charge in [0.2, 0.25) is 5.91 Å². The number of carbonyl (C=O) groups excluding carboxylic acids is 1. The topological polar surface area (TPSA) is 54.0 Å². The zero-order valence-electron chi connectivity index (χ0n) is 12.9. The Bertz CT molecular complexity index is 735. The van der Waals surface area contributed by atoms with Gasteiger partial charge in [-0.1, -0.05) is 12.8 Å². The monoisotopic (exact) mass is 319 g/mol. The van der Waals surface area contributed by atoms with Gasteiger partial charge in [0, 0.05) is 36.4 Å². The van der Waals surface area contributed by atoms with Crippen LogP contribution in [-0.4, -0.2) is 24.0 Å². The number of amides is 1. The molecule has 1 aromatic heterocycles. The van der Waals surface area contributed by atoms with Crippen LogP contribution in [0.2, 0.25) is 0 Å². The third-order valence-electron chi connectivity index (χ3n) is 4.45. The van der Waals surface area contributed by atoms with E-state index in [-0.39, 0.29) is 23.4 Å². The van der Waals surface area contributed by atoms with Crippen molar-refractivity contribution in [2.24, 2.45) is 5.92 Å². The largest absolute Gasteiger partial charge is 0.381 e. The lowest BCUT2D eigenvalue weighted by molar-refractivity contribution is -0.125. The fourth-order valence-electron chi connectivity index (χ4n) is 3.31. The molecule has 3 rings (SSSR count). The number of carbonyl (C=O) groups is 1. The Labute approximate surface area is 133 Å². The predicted octanol–water partition coefficient (Wildman–Crippen LogP) is 3.23. The highest BCUT2D eigenvalue weighted by Crippen LogP contribution is 2.31. The van der Waals surface area contributed by atoms with E-state index in [1.165, 1.54) is 12.3 Å². The Balaban J connectivity index is 1.95. The van der Waals surface area contributed by atoms with Crippen LogP contribution in [0.5, 0.6) is 0 Å². The lowest BCUT2D eigenvalue weighted by atomic mass is 9.83. The highest BCUT2D eigenvalue weighted by atomic mass is 19.1. The zero-order chi connectivity index (χ0) is 16.4. The first-order valence-corrected chi connectivity index (χ1v) is 7.82. The summed E-state index contributed by atoms with van der Waals surface area (Å²) in [4.78, 5) is 16.0. The summed E-state index contributed by atoms with van der Waals surface area (Å²) in [7, 11) is 1.63. The van der Waals surface area contributed by atoms with Crippen LogP contribution in [0.1, 0.15) is 25.7 Å².